The summed E-state index contributed by atoms with van der Waals surface area (Å²) in [6.07, 6.45) is 0. The summed E-state index contributed by atoms with van der Waals surface area (Å²) < 4.78 is 0. The van der Waals surface area contributed by atoms with Crippen LogP contribution in [0.4, 0.5) is 0 Å². The van der Waals surface area contributed by atoms with Crippen LogP contribution in [0.2, 0.25) is 0 Å². The average Bonchev–Trinajstić information content (AvgIpc) is 2.74. The van der Waals surface area contributed by atoms with Crippen molar-refractivity contribution in [1.29, 1.82) is 0 Å². The van der Waals surface area contributed by atoms with Gasteiger partial charge in [-0.2, -0.15) is 0 Å². The van der Waals surface area contributed by atoms with Crippen molar-refractivity contribution in [1.82, 2.24) is 9.80 Å². The number of amides is 1. The molecular formula is C17H24N2O. The molecule has 0 aliphatic carbocycles. The lowest BCUT2D eigenvalue weighted by molar-refractivity contribution is -0.133. The summed E-state index contributed by atoms with van der Waals surface area (Å²) in [4.78, 5) is 16.7. The zero-order valence-electron chi connectivity index (χ0n) is 12.7. The SMILES string of the molecule is Cc1ccccc1CN1CC2CN(C(=O)C(C)C)CC21. The van der Waals surface area contributed by atoms with Crippen LogP contribution in [0.15, 0.2) is 24.3 Å². The number of carbonyl (C=O) groups is 1. The Hall–Kier alpha value is -1.35. The quantitative estimate of drug-likeness (QED) is 0.843. The van der Waals surface area contributed by atoms with Crippen LogP contribution in [0.25, 0.3) is 0 Å². The number of rotatable bonds is 3. The van der Waals surface area contributed by atoms with Gasteiger partial charge in [-0.1, -0.05) is 38.1 Å². The van der Waals surface area contributed by atoms with E-state index >= 15 is 0 Å². The molecule has 1 amide bonds. The van der Waals surface area contributed by atoms with E-state index in [-0.39, 0.29) is 5.92 Å². The van der Waals surface area contributed by atoms with Crippen LogP contribution < -0.4 is 0 Å². The van der Waals surface area contributed by atoms with Crippen LogP contribution >= 0.6 is 0 Å². The first kappa shape index (κ1) is 13.6. The van der Waals surface area contributed by atoms with Gasteiger partial charge in [0.1, 0.15) is 0 Å². The van der Waals surface area contributed by atoms with Gasteiger partial charge in [-0.3, -0.25) is 9.69 Å². The molecule has 2 fully saturated rings. The highest BCUT2D eigenvalue weighted by Crippen LogP contribution is 2.34. The largest absolute Gasteiger partial charge is 0.341 e. The van der Waals surface area contributed by atoms with E-state index in [9.17, 15) is 4.79 Å². The van der Waals surface area contributed by atoms with E-state index in [2.05, 4.69) is 41.0 Å². The first-order valence-electron chi connectivity index (χ1n) is 7.63. The molecule has 20 heavy (non-hydrogen) atoms. The van der Waals surface area contributed by atoms with Gasteiger partial charge in [0.15, 0.2) is 0 Å². The third-order valence-corrected chi connectivity index (χ3v) is 4.78. The molecule has 2 atom stereocenters. The van der Waals surface area contributed by atoms with Crippen molar-refractivity contribution in [2.24, 2.45) is 11.8 Å². The normalized spacial score (nSPS) is 25.7. The maximum Gasteiger partial charge on any atom is 0.225 e. The molecule has 1 aromatic rings. The number of likely N-dealkylation sites (tertiary alicyclic amines) is 2. The van der Waals surface area contributed by atoms with Crippen molar-refractivity contribution in [3.8, 4) is 0 Å². The van der Waals surface area contributed by atoms with E-state index in [0.29, 0.717) is 17.9 Å². The summed E-state index contributed by atoms with van der Waals surface area (Å²) in [5.74, 6) is 1.13. The van der Waals surface area contributed by atoms with Gasteiger partial charge in [-0.25, -0.2) is 0 Å². The third-order valence-electron chi connectivity index (χ3n) is 4.78. The van der Waals surface area contributed by atoms with Crippen LogP contribution in [0.1, 0.15) is 25.0 Å². The van der Waals surface area contributed by atoms with E-state index in [1.807, 2.05) is 13.8 Å². The average molecular weight is 272 g/mol. The van der Waals surface area contributed by atoms with Gasteiger partial charge >= 0.3 is 0 Å². The van der Waals surface area contributed by atoms with Crippen molar-refractivity contribution >= 4 is 5.91 Å². The van der Waals surface area contributed by atoms with Gasteiger partial charge in [-0.15, -0.1) is 0 Å². The minimum absolute atomic E-state index is 0.123. The second-order valence-corrected chi connectivity index (χ2v) is 6.58. The molecule has 2 unspecified atom stereocenters. The van der Waals surface area contributed by atoms with E-state index in [0.717, 1.165) is 26.2 Å². The molecule has 0 N–H and O–H groups in total. The first-order valence-corrected chi connectivity index (χ1v) is 7.63. The highest BCUT2D eigenvalue weighted by molar-refractivity contribution is 5.78. The summed E-state index contributed by atoms with van der Waals surface area (Å²) in [6.45, 7) is 10.2. The number of benzene rings is 1. The number of fused-ring (bicyclic) bond motifs is 1. The zero-order valence-corrected chi connectivity index (χ0v) is 12.7. The van der Waals surface area contributed by atoms with Gasteiger partial charge in [0.05, 0.1) is 0 Å². The van der Waals surface area contributed by atoms with E-state index < -0.39 is 0 Å². The second-order valence-electron chi connectivity index (χ2n) is 6.58. The Morgan fingerprint density at radius 2 is 2.00 bits per heavy atom. The predicted molar refractivity (Wildman–Crippen MR) is 80.3 cm³/mol. The topological polar surface area (TPSA) is 23.6 Å². The van der Waals surface area contributed by atoms with Crippen molar-refractivity contribution in [2.75, 3.05) is 19.6 Å². The molecule has 2 aliphatic heterocycles. The maximum atomic E-state index is 12.1. The van der Waals surface area contributed by atoms with Crippen molar-refractivity contribution in [3.05, 3.63) is 35.4 Å². The standard InChI is InChI=1S/C17H24N2O/c1-12(2)17(20)19-10-15-9-18(16(15)11-19)8-14-7-5-4-6-13(14)3/h4-7,12,15-16H,8-11H2,1-3H3. The minimum Gasteiger partial charge on any atom is -0.341 e. The van der Waals surface area contributed by atoms with Crippen LogP contribution in [-0.4, -0.2) is 41.4 Å². The second kappa shape index (κ2) is 5.21. The van der Waals surface area contributed by atoms with E-state index in [1.54, 1.807) is 0 Å². The molecule has 108 valence electrons. The molecule has 0 radical (unpaired) electrons. The first-order chi connectivity index (χ1) is 9.56. The lowest BCUT2D eigenvalue weighted by atomic mass is 9.91. The zero-order chi connectivity index (χ0) is 14.3. The van der Waals surface area contributed by atoms with Gasteiger partial charge in [0, 0.05) is 44.1 Å². The highest BCUT2D eigenvalue weighted by atomic mass is 16.2. The Morgan fingerprint density at radius 3 is 2.70 bits per heavy atom. The Morgan fingerprint density at radius 1 is 1.25 bits per heavy atom. The molecule has 2 aliphatic rings. The maximum absolute atomic E-state index is 12.1. The summed E-state index contributed by atoms with van der Waals surface area (Å²) in [5.41, 5.74) is 2.78. The van der Waals surface area contributed by atoms with Crippen LogP contribution in [0.3, 0.4) is 0 Å². The fourth-order valence-electron chi connectivity index (χ4n) is 3.48. The number of nitrogens with zero attached hydrogens (tertiary/aromatic N) is 2. The number of hydrogen-bond donors (Lipinski definition) is 0. The molecule has 0 bridgehead atoms. The number of hydrogen-bond acceptors (Lipinski definition) is 2. The molecule has 3 rings (SSSR count). The molecule has 0 aromatic heterocycles. The van der Waals surface area contributed by atoms with E-state index in [4.69, 9.17) is 0 Å². The minimum atomic E-state index is 0.123. The molecule has 2 saturated heterocycles. The predicted octanol–water partition coefficient (Wildman–Crippen LogP) is 2.29. The molecule has 3 nitrogen and oxygen atoms in total. The summed E-state index contributed by atoms with van der Waals surface area (Å²) in [7, 11) is 0. The fraction of sp³-hybridized carbons (Fsp3) is 0.588. The fourth-order valence-corrected chi connectivity index (χ4v) is 3.48. The Balaban J connectivity index is 1.61. The van der Waals surface area contributed by atoms with Gasteiger partial charge in [0.25, 0.3) is 0 Å². The highest BCUT2D eigenvalue weighted by Gasteiger charge is 2.46. The molecular weight excluding hydrogens is 248 g/mol. The Labute approximate surface area is 121 Å². The summed E-state index contributed by atoms with van der Waals surface area (Å²) in [6, 6.07) is 9.18. The summed E-state index contributed by atoms with van der Waals surface area (Å²) in [5, 5.41) is 0. The Bertz CT molecular complexity index is 511. The van der Waals surface area contributed by atoms with Crippen LogP contribution in [0, 0.1) is 18.8 Å². The monoisotopic (exact) mass is 272 g/mol. The van der Waals surface area contributed by atoms with Crippen molar-refractivity contribution < 1.29 is 4.79 Å². The lowest BCUT2D eigenvalue weighted by Gasteiger charge is -2.43. The van der Waals surface area contributed by atoms with Crippen LogP contribution in [0.5, 0.6) is 0 Å². The van der Waals surface area contributed by atoms with E-state index in [1.165, 1.54) is 11.1 Å². The number of aryl methyl sites for hydroxylation is 1. The molecule has 0 spiro atoms. The van der Waals surface area contributed by atoms with Gasteiger partial charge in [0.2, 0.25) is 5.91 Å². The van der Waals surface area contributed by atoms with Crippen LogP contribution in [-0.2, 0) is 11.3 Å². The van der Waals surface area contributed by atoms with Crippen molar-refractivity contribution in [3.63, 3.8) is 0 Å². The van der Waals surface area contributed by atoms with Gasteiger partial charge in [-0.05, 0) is 18.1 Å². The molecule has 3 heteroatoms. The smallest absolute Gasteiger partial charge is 0.225 e. The Kier molecular flexibility index (Phi) is 3.55. The lowest BCUT2D eigenvalue weighted by Crippen LogP contribution is -2.54. The summed E-state index contributed by atoms with van der Waals surface area (Å²) >= 11 is 0. The van der Waals surface area contributed by atoms with Crippen molar-refractivity contribution in [2.45, 2.75) is 33.4 Å². The molecule has 0 saturated carbocycles. The third kappa shape index (κ3) is 2.35. The van der Waals surface area contributed by atoms with Gasteiger partial charge < -0.3 is 4.90 Å². The number of carbonyl (C=O) groups excluding carboxylic acids is 1. The molecule has 2 heterocycles. The molecule has 1 aromatic carbocycles.